The molecule has 4 aliphatic heterocycles. The van der Waals surface area contributed by atoms with Crippen LogP contribution in [-0.4, -0.2) is 149 Å². The molecule has 13 heterocycles. The molecule has 30 heteroatoms. The SMILES string of the molecule is CCC1(C)CCN(c2cnc3c(-c4cccc(F)c4Cl)[nH]nc3n2)CC1.CCC1(C)CCN(c2cnc3c(-c4cccnc4Cl)[nH]nc3n2)CC1.CCC1(N)CCN(c2cnc3c(-c4cccc(Cl)c4Cl)[nH]nc3n2)CC1.CCC1(N)CCN(c2cnc3c(-c4cccc(Cl)c4Cl)[nH]nc3n2)CC1. The lowest BCUT2D eigenvalue weighted by atomic mass is 9.78. The van der Waals surface area contributed by atoms with Gasteiger partial charge in [-0.05, 0) is 105 Å². The van der Waals surface area contributed by atoms with Crippen molar-refractivity contribution in [3.63, 3.8) is 0 Å². The van der Waals surface area contributed by atoms with Gasteiger partial charge in [0.2, 0.25) is 22.6 Å². The Bertz CT molecular complexity index is 4600. The number of piperidine rings is 4. The number of benzene rings is 3. The van der Waals surface area contributed by atoms with Crippen LogP contribution in [0.25, 0.3) is 89.7 Å². The number of rotatable bonds is 12. The van der Waals surface area contributed by atoms with E-state index in [1.54, 1.807) is 49.1 Å². The third-order valence-electron chi connectivity index (χ3n) is 21.6. The van der Waals surface area contributed by atoms with Gasteiger partial charge in [0.1, 0.15) is 56.3 Å². The first-order chi connectivity index (χ1) is 49.6. The number of nitrogens with two attached hydrogens (primary N) is 2. The Labute approximate surface area is 626 Å². The van der Waals surface area contributed by atoms with Crippen LogP contribution in [0.1, 0.15) is 119 Å². The van der Waals surface area contributed by atoms with Gasteiger partial charge in [-0.2, -0.15) is 20.4 Å². The molecule has 0 radical (unpaired) electrons. The Morgan fingerprint density at radius 3 is 1.01 bits per heavy atom. The number of hydrogen-bond donors (Lipinski definition) is 6. The Kier molecular flexibility index (Phi) is 21.9. The Morgan fingerprint density at radius 1 is 0.388 bits per heavy atom. The van der Waals surface area contributed by atoms with Crippen LogP contribution in [0.5, 0.6) is 0 Å². The first-order valence-electron chi connectivity index (χ1n) is 35.0. The summed E-state index contributed by atoms with van der Waals surface area (Å²) in [5.74, 6) is 2.90. The van der Waals surface area contributed by atoms with Crippen molar-refractivity contribution in [1.29, 1.82) is 0 Å². The summed E-state index contributed by atoms with van der Waals surface area (Å²) >= 11 is 37.2. The van der Waals surface area contributed by atoms with Crippen LogP contribution in [-0.2, 0) is 0 Å². The summed E-state index contributed by atoms with van der Waals surface area (Å²) < 4.78 is 13.8. The molecule has 9 aromatic heterocycles. The molecule has 3 aromatic carbocycles. The Hall–Kier alpha value is -8.20. The molecule has 0 atom stereocenters. The van der Waals surface area contributed by atoms with E-state index in [9.17, 15) is 4.39 Å². The number of pyridine rings is 1. The van der Waals surface area contributed by atoms with Crippen molar-refractivity contribution < 1.29 is 4.39 Å². The highest BCUT2D eigenvalue weighted by Crippen LogP contribution is 2.41. The van der Waals surface area contributed by atoms with Gasteiger partial charge in [-0.25, -0.2) is 49.2 Å². The van der Waals surface area contributed by atoms with Gasteiger partial charge >= 0.3 is 0 Å². The van der Waals surface area contributed by atoms with E-state index in [0.29, 0.717) is 92.0 Å². The van der Waals surface area contributed by atoms with Crippen molar-refractivity contribution >= 4 is 138 Å². The minimum Gasteiger partial charge on any atom is -0.355 e. The second-order valence-corrected chi connectivity index (χ2v) is 30.2. The molecule has 16 rings (SSSR count). The number of hydrogen-bond acceptors (Lipinski definition) is 19. The number of fused-ring (bicyclic) bond motifs is 4. The van der Waals surface area contributed by atoms with Gasteiger partial charge in [0, 0.05) is 91.9 Å². The summed E-state index contributed by atoms with van der Waals surface area (Å²) in [5, 5.41) is 31.5. The third-order valence-corrected chi connectivity index (χ3v) is 23.9. The summed E-state index contributed by atoms with van der Waals surface area (Å²) in [7, 11) is 0. The van der Waals surface area contributed by atoms with E-state index in [-0.39, 0.29) is 16.1 Å². The molecular formula is C73H82Cl6FN23. The van der Waals surface area contributed by atoms with Crippen molar-refractivity contribution in [2.24, 2.45) is 22.3 Å². The first-order valence-corrected chi connectivity index (χ1v) is 37.2. The molecule has 4 saturated heterocycles. The number of halogens is 7. The monoisotopic (exact) mass is 1510 g/mol. The number of nitrogens with zero attached hydrogens (tertiary/aromatic N) is 17. The second kappa shape index (κ2) is 30.9. The van der Waals surface area contributed by atoms with Gasteiger partial charge < -0.3 is 31.1 Å². The molecule has 0 aliphatic carbocycles. The van der Waals surface area contributed by atoms with Crippen molar-refractivity contribution in [3.05, 3.63) is 134 Å². The highest BCUT2D eigenvalue weighted by atomic mass is 35.5. The minimum absolute atomic E-state index is 0.0545. The van der Waals surface area contributed by atoms with Crippen molar-refractivity contribution in [3.8, 4) is 45.0 Å². The van der Waals surface area contributed by atoms with Gasteiger partial charge in [-0.1, -0.05) is 160 Å². The van der Waals surface area contributed by atoms with Gasteiger partial charge in [0.15, 0.2) is 0 Å². The zero-order chi connectivity index (χ0) is 72.4. The molecule has 4 fully saturated rings. The van der Waals surface area contributed by atoms with Crippen LogP contribution in [0.15, 0.2) is 97.7 Å². The van der Waals surface area contributed by atoms with E-state index in [1.807, 2.05) is 42.6 Å². The lowest BCUT2D eigenvalue weighted by Gasteiger charge is -2.39. The van der Waals surface area contributed by atoms with E-state index < -0.39 is 5.82 Å². The van der Waals surface area contributed by atoms with E-state index in [2.05, 4.69) is 142 Å². The topological polar surface area (TPSA) is 296 Å². The van der Waals surface area contributed by atoms with Crippen LogP contribution in [0.2, 0.25) is 30.3 Å². The average molecular weight is 1510 g/mol. The molecule has 0 bridgehead atoms. The molecule has 8 N–H and O–H groups in total. The zero-order valence-corrected chi connectivity index (χ0v) is 62.8. The van der Waals surface area contributed by atoms with Crippen LogP contribution in [0, 0.1) is 16.6 Å². The third kappa shape index (κ3) is 15.6. The molecule has 103 heavy (non-hydrogen) atoms. The largest absolute Gasteiger partial charge is 0.355 e. The molecule has 0 spiro atoms. The summed E-state index contributed by atoms with van der Waals surface area (Å²) in [6, 6.07) is 19.4. The fourth-order valence-electron chi connectivity index (χ4n) is 13.5. The lowest BCUT2D eigenvalue weighted by Crippen LogP contribution is -2.50. The number of aromatic amines is 4. The number of H-pyrrole nitrogens is 4. The summed E-state index contributed by atoms with van der Waals surface area (Å²) in [5.41, 5.74) is 24.0. The highest BCUT2D eigenvalue weighted by molar-refractivity contribution is 6.44. The van der Waals surface area contributed by atoms with Gasteiger partial charge in [-0.3, -0.25) is 20.4 Å². The van der Waals surface area contributed by atoms with Crippen LogP contribution < -0.4 is 31.1 Å². The van der Waals surface area contributed by atoms with Gasteiger partial charge in [-0.15, -0.1) is 0 Å². The van der Waals surface area contributed by atoms with Crippen LogP contribution in [0.4, 0.5) is 27.7 Å². The normalized spacial score (nSPS) is 17.0. The standard InChI is InChI=1S/C19H21ClFN5.2C18H20Cl2N6.C18H21ClN6/c1-3-19(2)7-9-26(10-8-19)14-11-22-17-16(24-25-18(17)23-14)12-5-4-6-13(21)15(12)20;2*1-2-18(21)6-8-26(9-7-18)13-10-22-16-15(24-25-17(16)23-13)11-4-3-5-12(19)14(11)20;1-3-18(2)6-9-25(10-7-18)13-11-21-15-14(23-24-17(15)22-13)12-5-4-8-20-16(12)19/h4-6,11H,3,7-10H2,1-2H3,(H,23,24,25);2*3-5,10H,2,6-9,21H2,1H3,(H,23,24,25);4-5,8,11H,3,6-7,9-10H2,1-2H3,(H,22,23,24). The maximum atomic E-state index is 13.8. The Morgan fingerprint density at radius 2 is 0.689 bits per heavy atom. The quantitative estimate of drug-likeness (QED) is 0.0619. The van der Waals surface area contributed by atoms with Crippen molar-refractivity contribution in [2.75, 3.05) is 72.0 Å². The number of nitrogens with one attached hydrogen (secondary N) is 4. The van der Waals surface area contributed by atoms with E-state index in [0.717, 1.165) is 161 Å². The van der Waals surface area contributed by atoms with Crippen molar-refractivity contribution in [2.45, 2.75) is 130 Å². The molecule has 0 unspecified atom stereocenters. The smallest absolute Gasteiger partial charge is 0.202 e. The maximum absolute atomic E-state index is 13.8. The summed E-state index contributed by atoms with van der Waals surface area (Å²) in [6.07, 6.45) is 21.7. The lowest BCUT2D eigenvalue weighted by molar-refractivity contribution is 0.237. The predicted octanol–water partition coefficient (Wildman–Crippen LogP) is 17.0. The fourth-order valence-corrected chi connectivity index (χ4v) is 14.7. The van der Waals surface area contributed by atoms with Crippen molar-refractivity contribution in [1.82, 2.24) is 85.6 Å². The second-order valence-electron chi connectivity index (χ2n) is 27.9. The first kappa shape index (κ1) is 73.1. The van der Waals surface area contributed by atoms with E-state index in [4.69, 9.17) is 86.1 Å². The van der Waals surface area contributed by atoms with Gasteiger partial charge in [0.05, 0.1) is 72.7 Å². The van der Waals surface area contributed by atoms with Crippen LogP contribution >= 0.6 is 69.6 Å². The molecule has 0 amide bonds. The number of anilines is 4. The number of aromatic nitrogens is 17. The predicted molar refractivity (Wildman–Crippen MR) is 413 cm³/mol. The fraction of sp³-hybridized carbons (Fsp3) is 0.411. The molecule has 23 nitrogen and oxygen atoms in total. The Balaban J connectivity index is 0.000000122. The van der Waals surface area contributed by atoms with Crippen LogP contribution in [0.3, 0.4) is 0 Å². The molecule has 0 saturated carbocycles. The zero-order valence-electron chi connectivity index (χ0n) is 58.3. The molecule has 4 aliphatic rings. The van der Waals surface area contributed by atoms with E-state index >= 15 is 0 Å². The summed E-state index contributed by atoms with van der Waals surface area (Å²) in [4.78, 5) is 50.1. The molecule has 12 aromatic rings. The summed E-state index contributed by atoms with van der Waals surface area (Å²) in [6.45, 7) is 21.0. The van der Waals surface area contributed by atoms with E-state index in [1.165, 1.54) is 31.7 Å². The molecule has 538 valence electrons. The maximum Gasteiger partial charge on any atom is 0.202 e. The average Bonchev–Trinajstić information content (AvgIpc) is 1.68. The van der Waals surface area contributed by atoms with Gasteiger partial charge in [0.25, 0.3) is 0 Å². The molecular weight excluding hydrogens is 1430 g/mol. The highest BCUT2D eigenvalue weighted by Gasteiger charge is 2.34. The minimum atomic E-state index is -0.469.